The molecule has 324 valence electrons. The third kappa shape index (κ3) is 42.6. The number of nitrogens with two attached hydrogens (primary N) is 1. The van der Waals surface area contributed by atoms with Crippen molar-refractivity contribution in [3.8, 4) is 0 Å². The van der Waals surface area contributed by atoms with Crippen molar-refractivity contribution in [3.63, 3.8) is 0 Å². The molecular formula is C45H92NO7P. The van der Waals surface area contributed by atoms with E-state index in [1.54, 1.807) is 0 Å². The second-order valence-electron chi connectivity index (χ2n) is 16.0. The van der Waals surface area contributed by atoms with Gasteiger partial charge in [0, 0.05) is 19.6 Å². The van der Waals surface area contributed by atoms with Crippen LogP contribution in [-0.4, -0.2) is 49.9 Å². The van der Waals surface area contributed by atoms with Crippen LogP contribution in [0.1, 0.15) is 245 Å². The van der Waals surface area contributed by atoms with Crippen LogP contribution in [0.25, 0.3) is 0 Å². The van der Waals surface area contributed by atoms with Crippen molar-refractivity contribution >= 4 is 13.8 Å². The summed E-state index contributed by atoms with van der Waals surface area (Å²) in [5.74, 6) is -0.322. The summed E-state index contributed by atoms with van der Waals surface area (Å²) < 4.78 is 33.5. The van der Waals surface area contributed by atoms with E-state index < -0.39 is 13.9 Å². The zero-order valence-corrected chi connectivity index (χ0v) is 36.9. The first-order valence-electron chi connectivity index (χ1n) is 23.5. The molecule has 0 amide bonds. The van der Waals surface area contributed by atoms with Gasteiger partial charge in [-0.2, -0.15) is 0 Å². The molecule has 54 heavy (non-hydrogen) atoms. The Morgan fingerprint density at radius 1 is 0.481 bits per heavy atom. The van der Waals surface area contributed by atoms with Crippen molar-refractivity contribution in [2.75, 3.05) is 33.0 Å². The Balaban J connectivity index is 3.86. The van der Waals surface area contributed by atoms with Crippen LogP contribution in [0, 0.1) is 0 Å². The average Bonchev–Trinajstić information content (AvgIpc) is 3.16. The normalized spacial score (nSPS) is 13.3. The third-order valence-electron chi connectivity index (χ3n) is 10.5. The number of phosphoric acid groups is 1. The van der Waals surface area contributed by atoms with Crippen molar-refractivity contribution in [1.82, 2.24) is 0 Å². The molecule has 0 rings (SSSR count). The summed E-state index contributed by atoms with van der Waals surface area (Å²) in [5.41, 5.74) is 5.37. The van der Waals surface area contributed by atoms with Crippen molar-refractivity contribution < 1.29 is 32.8 Å². The van der Waals surface area contributed by atoms with Crippen LogP contribution in [0.15, 0.2) is 0 Å². The Morgan fingerprint density at radius 2 is 0.815 bits per heavy atom. The van der Waals surface area contributed by atoms with Crippen LogP contribution in [0.3, 0.4) is 0 Å². The van der Waals surface area contributed by atoms with Crippen LogP contribution >= 0.6 is 7.82 Å². The monoisotopic (exact) mass is 790 g/mol. The van der Waals surface area contributed by atoms with Crippen LogP contribution in [-0.2, 0) is 27.9 Å². The predicted molar refractivity (Wildman–Crippen MR) is 229 cm³/mol. The minimum absolute atomic E-state index is 0.0901. The predicted octanol–water partition coefficient (Wildman–Crippen LogP) is 14.1. The Labute approximate surface area is 335 Å². The Kier molecular flexibility index (Phi) is 43.2. The van der Waals surface area contributed by atoms with E-state index in [-0.39, 0.29) is 32.3 Å². The van der Waals surface area contributed by atoms with Gasteiger partial charge in [-0.15, -0.1) is 0 Å². The zero-order valence-electron chi connectivity index (χ0n) is 36.0. The van der Waals surface area contributed by atoms with Gasteiger partial charge >= 0.3 is 13.8 Å². The molecule has 0 aliphatic heterocycles. The minimum Gasteiger partial charge on any atom is -0.457 e. The van der Waals surface area contributed by atoms with Gasteiger partial charge in [0.2, 0.25) is 0 Å². The van der Waals surface area contributed by atoms with Crippen LogP contribution in [0.4, 0.5) is 0 Å². The fourth-order valence-electron chi connectivity index (χ4n) is 7.06. The van der Waals surface area contributed by atoms with Crippen molar-refractivity contribution in [1.29, 1.82) is 0 Å². The van der Waals surface area contributed by atoms with E-state index in [9.17, 15) is 14.3 Å². The van der Waals surface area contributed by atoms with Crippen molar-refractivity contribution in [3.05, 3.63) is 0 Å². The highest BCUT2D eigenvalue weighted by atomic mass is 31.2. The number of ether oxygens (including phenoxy) is 2. The van der Waals surface area contributed by atoms with E-state index >= 15 is 0 Å². The van der Waals surface area contributed by atoms with Gasteiger partial charge in [0.1, 0.15) is 6.10 Å². The highest BCUT2D eigenvalue weighted by Crippen LogP contribution is 2.43. The lowest BCUT2D eigenvalue weighted by Crippen LogP contribution is -2.28. The molecule has 0 aromatic heterocycles. The lowest BCUT2D eigenvalue weighted by Gasteiger charge is -2.20. The van der Waals surface area contributed by atoms with Crippen LogP contribution < -0.4 is 5.73 Å². The quantitative estimate of drug-likeness (QED) is 0.0356. The summed E-state index contributed by atoms with van der Waals surface area (Å²) in [6.07, 6.45) is 45.6. The lowest BCUT2D eigenvalue weighted by atomic mass is 10.0. The molecule has 2 atom stereocenters. The maximum absolute atomic E-state index is 12.6. The average molecular weight is 790 g/mol. The molecule has 0 saturated heterocycles. The summed E-state index contributed by atoms with van der Waals surface area (Å²) in [6, 6.07) is 0. The molecule has 0 saturated carbocycles. The van der Waals surface area contributed by atoms with Gasteiger partial charge in [0.25, 0.3) is 0 Å². The highest BCUT2D eigenvalue weighted by molar-refractivity contribution is 7.47. The fraction of sp³-hybridized carbons (Fsp3) is 0.978. The van der Waals surface area contributed by atoms with Gasteiger partial charge in [-0.25, -0.2) is 4.57 Å². The molecular weight excluding hydrogens is 697 g/mol. The lowest BCUT2D eigenvalue weighted by molar-refractivity contribution is -0.154. The van der Waals surface area contributed by atoms with E-state index in [2.05, 4.69) is 13.8 Å². The van der Waals surface area contributed by atoms with Gasteiger partial charge in [0.05, 0.1) is 19.8 Å². The number of esters is 1. The van der Waals surface area contributed by atoms with E-state index in [1.807, 2.05) is 0 Å². The summed E-state index contributed by atoms with van der Waals surface area (Å²) in [7, 11) is -4.27. The van der Waals surface area contributed by atoms with Crippen molar-refractivity contribution in [2.45, 2.75) is 251 Å². The van der Waals surface area contributed by atoms with E-state index in [0.717, 1.165) is 32.1 Å². The van der Waals surface area contributed by atoms with E-state index in [4.69, 9.17) is 24.3 Å². The number of phosphoric ester groups is 1. The van der Waals surface area contributed by atoms with Crippen LogP contribution in [0.5, 0.6) is 0 Å². The zero-order chi connectivity index (χ0) is 39.5. The number of hydrogen-bond donors (Lipinski definition) is 2. The first kappa shape index (κ1) is 53.5. The first-order valence-corrected chi connectivity index (χ1v) is 25.0. The molecule has 0 fully saturated rings. The largest absolute Gasteiger partial charge is 0.472 e. The minimum atomic E-state index is -4.27. The second-order valence-corrected chi connectivity index (χ2v) is 17.4. The summed E-state index contributed by atoms with van der Waals surface area (Å²) in [4.78, 5) is 22.5. The molecule has 0 aliphatic carbocycles. The summed E-state index contributed by atoms with van der Waals surface area (Å²) in [5, 5.41) is 0. The van der Waals surface area contributed by atoms with E-state index in [0.29, 0.717) is 13.0 Å². The molecule has 9 heteroatoms. The standard InChI is InChI=1S/C45H92NO7P/c1-3-5-7-9-11-13-15-17-18-19-20-21-22-23-24-25-26-27-28-30-32-34-36-38-45(47)53-44(43-52-54(48,49)51-41-39-46)42-50-40-37-35-33-31-29-16-14-12-10-8-6-4-2/h44H,3-43,46H2,1-2H3,(H,48,49)/t44-/m1/s1. The molecule has 3 N–H and O–H groups in total. The number of unbranched alkanes of at least 4 members (excludes halogenated alkanes) is 33. The number of hydrogen-bond acceptors (Lipinski definition) is 7. The highest BCUT2D eigenvalue weighted by Gasteiger charge is 2.25. The van der Waals surface area contributed by atoms with Crippen LogP contribution in [0.2, 0.25) is 0 Å². The molecule has 0 heterocycles. The summed E-state index contributed by atoms with van der Waals surface area (Å²) >= 11 is 0. The van der Waals surface area contributed by atoms with Gasteiger partial charge in [-0.3, -0.25) is 13.8 Å². The molecule has 0 radical (unpaired) electrons. The SMILES string of the molecule is CCCCCCCCCCCCCCCCCCCCCCCCCC(=O)O[C@H](COCCCCCCCCCCCCCC)COP(=O)(O)OCCN. The fourth-order valence-corrected chi connectivity index (χ4v) is 7.82. The number of carbonyl (C=O) groups is 1. The molecule has 1 unspecified atom stereocenters. The Bertz CT molecular complexity index is 802. The van der Waals surface area contributed by atoms with Gasteiger partial charge in [0.15, 0.2) is 0 Å². The van der Waals surface area contributed by atoms with Gasteiger partial charge < -0.3 is 20.1 Å². The molecule has 8 nitrogen and oxygen atoms in total. The first-order chi connectivity index (χ1) is 26.4. The van der Waals surface area contributed by atoms with Crippen molar-refractivity contribution in [2.24, 2.45) is 5.73 Å². The maximum atomic E-state index is 12.6. The maximum Gasteiger partial charge on any atom is 0.472 e. The van der Waals surface area contributed by atoms with E-state index in [1.165, 1.54) is 193 Å². The smallest absolute Gasteiger partial charge is 0.457 e. The molecule has 0 spiro atoms. The molecule has 0 aromatic carbocycles. The molecule has 0 aromatic rings. The molecule has 0 bridgehead atoms. The number of carbonyl (C=O) groups excluding carboxylic acids is 1. The Morgan fingerprint density at radius 3 is 1.17 bits per heavy atom. The molecule has 0 aliphatic rings. The number of rotatable bonds is 46. The van der Waals surface area contributed by atoms with Gasteiger partial charge in [-0.1, -0.05) is 226 Å². The third-order valence-corrected chi connectivity index (χ3v) is 11.5. The summed E-state index contributed by atoms with van der Waals surface area (Å²) in [6.45, 7) is 4.99. The Hall–Kier alpha value is -0.500. The van der Waals surface area contributed by atoms with Gasteiger partial charge in [-0.05, 0) is 12.8 Å². The topological polar surface area (TPSA) is 117 Å². The second kappa shape index (κ2) is 43.6.